The van der Waals surface area contributed by atoms with Crippen LogP contribution in [0.3, 0.4) is 0 Å². The van der Waals surface area contributed by atoms with Gasteiger partial charge in [-0.1, -0.05) is 6.92 Å². The van der Waals surface area contributed by atoms with Gasteiger partial charge in [-0.25, -0.2) is 4.98 Å². The molecule has 1 aromatic heterocycles. The van der Waals surface area contributed by atoms with Crippen molar-refractivity contribution in [1.29, 1.82) is 0 Å². The standard InChI is InChI=1S/C14H23N5O2/c1-4-19(9-13(20)21)11-7-10(8-11)16-12-5-6-15-14(17-12)18(2)3/h5-6,10-11H,4,7-9H2,1-3H3,(H,20,21)(H,15,16,17). The molecule has 0 spiro atoms. The van der Waals surface area contributed by atoms with Crippen molar-refractivity contribution >= 4 is 17.7 Å². The number of likely N-dealkylation sites (N-methyl/N-ethyl adjacent to an activating group) is 1. The first kappa shape index (κ1) is 15.5. The van der Waals surface area contributed by atoms with Gasteiger partial charge >= 0.3 is 5.97 Å². The third-order valence-electron chi connectivity index (χ3n) is 3.77. The summed E-state index contributed by atoms with van der Waals surface area (Å²) in [5, 5.41) is 12.3. The van der Waals surface area contributed by atoms with Gasteiger partial charge in [0.2, 0.25) is 5.95 Å². The van der Waals surface area contributed by atoms with Gasteiger partial charge in [-0.15, -0.1) is 0 Å². The summed E-state index contributed by atoms with van der Waals surface area (Å²) in [5.74, 6) is 0.732. The second-order valence-electron chi connectivity index (χ2n) is 5.56. The number of carboxylic acid groups (broad SMARTS) is 1. The van der Waals surface area contributed by atoms with Gasteiger partial charge in [-0.05, 0) is 25.5 Å². The van der Waals surface area contributed by atoms with Crippen LogP contribution in [0.4, 0.5) is 11.8 Å². The van der Waals surface area contributed by atoms with Gasteiger partial charge in [0, 0.05) is 32.4 Å². The Morgan fingerprint density at radius 2 is 2.19 bits per heavy atom. The van der Waals surface area contributed by atoms with Crippen LogP contribution >= 0.6 is 0 Å². The number of anilines is 2. The predicted octanol–water partition coefficient (Wildman–Crippen LogP) is 0.892. The van der Waals surface area contributed by atoms with Crippen LogP contribution in [0.15, 0.2) is 12.3 Å². The molecule has 0 aromatic carbocycles. The van der Waals surface area contributed by atoms with Crippen LogP contribution in [0.2, 0.25) is 0 Å². The molecule has 1 aliphatic carbocycles. The minimum atomic E-state index is -0.764. The van der Waals surface area contributed by atoms with Crippen LogP contribution in [-0.2, 0) is 4.79 Å². The van der Waals surface area contributed by atoms with Crippen molar-refractivity contribution in [3.8, 4) is 0 Å². The molecule has 1 fully saturated rings. The van der Waals surface area contributed by atoms with Gasteiger partial charge in [-0.3, -0.25) is 9.69 Å². The summed E-state index contributed by atoms with van der Waals surface area (Å²) >= 11 is 0. The second kappa shape index (κ2) is 6.71. The first-order valence-corrected chi connectivity index (χ1v) is 7.22. The van der Waals surface area contributed by atoms with Crippen molar-refractivity contribution < 1.29 is 9.90 Å². The molecule has 1 saturated carbocycles. The number of carboxylic acids is 1. The zero-order valence-corrected chi connectivity index (χ0v) is 12.8. The Morgan fingerprint density at radius 1 is 1.48 bits per heavy atom. The minimum absolute atomic E-state index is 0.117. The van der Waals surface area contributed by atoms with E-state index in [2.05, 4.69) is 15.3 Å². The van der Waals surface area contributed by atoms with E-state index in [1.807, 2.05) is 36.9 Å². The minimum Gasteiger partial charge on any atom is -0.480 e. The van der Waals surface area contributed by atoms with Crippen molar-refractivity contribution in [2.24, 2.45) is 0 Å². The van der Waals surface area contributed by atoms with Gasteiger partial charge in [0.15, 0.2) is 0 Å². The van der Waals surface area contributed by atoms with Gasteiger partial charge in [0.1, 0.15) is 5.82 Å². The van der Waals surface area contributed by atoms with E-state index in [0.29, 0.717) is 18.0 Å². The van der Waals surface area contributed by atoms with Crippen molar-refractivity contribution in [2.45, 2.75) is 31.8 Å². The van der Waals surface area contributed by atoms with Crippen LogP contribution in [0, 0.1) is 0 Å². The fourth-order valence-corrected chi connectivity index (χ4v) is 2.53. The third-order valence-corrected chi connectivity index (χ3v) is 3.77. The van der Waals surface area contributed by atoms with Crippen LogP contribution in [0.1, 0.15) is 19.8 Å². The van der Waals surface area contributed by atoms with E-state index in [0.717, 1.165) is 25.2 Å². The molecule has 0 bridgehead atoms. The first-order chi connectivity index (χ1) is 9.99. The summed E-state index contributed by atoms with van der Waals surface area (Å²) in [6.45, 7) is 2.88. The lowest BCUT2D eigenvalue weighted by molar-refractivity contribution is -0.139. The van der Waals surface area contributed by atoms with Crippen molar-refractivity contribution in [2.75, 3.05) is 37.4 Å². The number of carbonyl (C=O) groups is 1. The van der Waals surface area contributed by atoms with Crippen LogP contribution < -0.4 is 10.2 Å². The van der Waals surface area contributed by atoms with Crippen LogP contribution in [0.5, 0.6) is 0 Å². The number of hydrogen-bond acceptors (Lipinski definition) is 6. The molecule has 7 heteroatoms. The molecule has 1 heterocycles. The molecule has 2 rings (SSSR count). The molecule has 7 nitrogen and oxygen atoms in total. The van der Waals surface area contributed by atoms with E-state index >= 15 is 0 Å². The third kappa shape index (κ3) is 4.04. The Balaban J connectivity index is 1.85. The molecular formula is C14H23N5O2. The molecule has 1 aromatic rings. The number of nitrogens with zero attached hydrogens (tertiary/aromatic N) is 4. The lowest BCUT2D eigenvalue weighted by atomic mass is 9.85. The Morgan fingerprint density at radius 3 is 2.76 bits per heavy atom. The van der Waals surface area contributed by atoms with E-state index in [4.69, 9.17) is 5.11 Å². The van der Waals surface area contributed by atoms with Gasteiger partial charge in [0.05, 0.1) is 6.54 Å². The molecule has 1 aliphatic rings. The van der Waals surface area contributed by atoms with E-state index in [9.17, 15) is 4.79 Å². The second-order valence-corrected chi connectivity index (χ2v) is 5.56. The average molecular weight is 293 g/mol. The van der Waals surface area contributed by atoms with Crippen molar-refractivity contribution in [3.05, 3.63) is 12.3 Å². The maximum absolute atomic E-state index is 10.8. The monoisotopic (exact) mass is 293 g/mol. The van der Waals surface area contributed by atoms with Gasteiger partial charge in [-0.2, -0.15) is 4.98 Å². The Kier molecular flexibility index (Phi) is 4.95. The highest BCUT2D eigenvalue weighted by atomic mass is 16.4. The van der Waals surface area contributed by atoms with E-state index in [1.54, 1.807) is 6.20 Å². The SMILES string of the molecule is CCN(CC(=O)O)C1CC(Nc2ccnc(N(C)C)n2)C1. The molecule has 2 N–H and O–H groups in total. The number of aliphatic carboxylic acids is 1. The largest absolute Gasteiger partial charge is 0.480 e. The molecule has 0 unspecified atom stereocenters. The van der Waals surface area contributed by atoms with Gasteiger partial charge < -0.3 is 15.3 Å². The highest BCUT2D eigenvalue weighted by molar-refractivity contribution is 5.69. The summed E-state index contributed by atoms with van der Waals surface area (Å²) in [5.41, 5.74) is 0. The zero-order valence-electron chi connectivity index (χ0n) is 12.8. The summed E-state index contributed by atoms with van der Waals surface area (Å²) in [6, 6.07) is 2.55. The summed E-state index contributed by atoms with van der Waals surface area (Å²) in [4.78, 5) is 23.3. The topological polar surface area (TPSA) is 81.6 Å². The molecule has 0 radical (unpaired) electrons. The Bertz CT molecular complexity index is 488. The average Bonchev–Trinajstić information content (AvgIpc) is 2.40. The predicted molar refractivity (Wildman–Crippen MR) is 81.7 cm³/mol. The summed E-state index contributed by atoms with van der Waals surface area (Å²) in [7, 11) is 3.81. The van der Waals surface area contributed by atoms with E-state index in [-0.39, 0.29) is 6.54 Å². The molecule has 116 valence electrons. The molecule has 0 aliphatic heterocycles. The number of hydrogen-bond donors (Lipinski definition) is 2. The molecule has 21 heavy (non-hydrogen) atoms. The molecule has 0 saturated heterocycles. The number of nitrogens with one attached hydrogen (secondary N) is 1. The highest BCUT2D eigenvalue weighted by Crippen LogP contribution is 2.28. The van der Waals surface area contributed by atoms with Crippen molar-refractivity contribution in [3.63, 3.8) is 0 Å². The quantitative estimate of drug-likeness (QED) is 0.772. The van der Waals surface area contributed by atoms with Crippen molar-refractivity contribution in [1.82, 2.24) is 14.9 Å². The molecule has 0 atom stereocenters. The lowest BCUT2D eigenvalue weighted by Gasteiger charge is -2.42. The fraction of sp³-hybridized carbons (Fsp3) is 0.643. The Hall–Kier alpha value is -1.89. The summed E-state index contributed by atoms with van der Waals surface area (Å²) < 4.78 is 0. The maximum atomic E-state index is 10.8. The highest BCUT2D eigenvalue weighted by Gasteiger charge is 2.33. The molecule has 0 amide bonds. The normalized spacial score (nSPS) is 21.0. The summed E-state index contributed by atoms with van der Waals surface area (Å²) in [6.07, 6.45) is 3.63. The number of aromatic nitrogens is 2. The smallest absolute Gasteiger partial charge is 0.317 e. The Labute approximate surface area is 125 Å². The fourth-order valence-electron chi connectivity index (χ4n) is 2.53. The van der Waals surface area contributed by atoms with Gasteiger partial charge in [0.25, 0.3) is 0 Å². The first-order valence-electron chi connectivity index (χ1n) is 7.22. The number of rotatable bonds is 7. The maximum Gasteiger partial charge on any atom is 0.317 e. The zero-order chi connectivity index (χ0) is 15.4. The van der Waals surface area contributed by atoms with E-state index in [1.165, 1.54) is 0 Å². The van der Waals surface area contributed by atoms with E-state index < -0.39 is 5.97 Å². The lowest BCUT2D eigenvalue weighted by Crippen LogP contribution is -2.51. The van der Waals surface area contributed by atoms with Crippen LogP contribution in [0.25, 0.3) is 0 Å². The molecular weight excluding hydrogens is 270 g/mol. The van der Waals surface area contributed by atoms with Crippen LogP contribution in [-0.4, -0.2) is 65.2 Å².